The van der Waals surface area contributed by atoms with Gasteiger partial charge in [-0.3, -0.25) is 15.0 Å². The number of sulfone groups is 1. The summed E-state index contributed by atoms with van der Waals surface area (Å²) in [7, 11) is -1.30. The largest absolute Gasteiger partial charge is 0.298 e. The van der Waals surface area contributed by atoms with Crippen LogP contribution >= 0.6 is 0 Å². The maximum Gasteiger partial charge on any atom is 0.272 e. The number of nitrogens with zero attached hydrogens (tertiary/aromatic N) is 2. The Morgan fingerprint density at radius 2 is 1.90 bits per heavy atom. The summed E-state index contributed by atoms with van der Waals surface area (Å²) in [5.41, 5.74) is 1.54. The van der Waals surface area contributed by atoms with E-state index in [-0.39, 0.29) is 11.7 Å². The monoisotopic (exact) mass is 314 g/mol. The summed E-state index contributed by atoms with van der Waals surface area (Å²) in [6.45, 7) is 5.70. The minimum atomic E-state index is -3.12. The highest BCUT2D eigenvalue weighted by Gasteiger charge is 2.26. The highest BCUT2D eigenvalue weighted by Crippen LogP contribution is 2.23. The van der Waals surface area contributed by atoms with Gasteiger partial charge in [0, 0.05) is 30.5 Å². The minimum Gasteiger partial charge on any atom is -0.298 e. The Labute approximate surface area is 125 Å². The maximum absolute atomic E-state index is 11.6. The number of hydrogen-bond donors (Lipinski definition) is 0. The van der Waals surface area contributed by atoms with E-state index in [0.717, 1.165) is 5.56 Å². The van der Waals surface area contributed by atoms with Crippen molar-refractivity contribution in [3.05, 3.63) is 39.4 Å². The van der Waals surface area contributed by atoms with Crippen LogP contribution in [0.25, 0.3) is 0 Å². The van der Waals surface area contributed by atoms with Crippen LogP contribution in [0.3, 0.4) is 0 Å². The molecule has 0 aromatic heterocycles. The number of hydrogen-bond acceptors (Lipinski definition) is 5. The maximum atomic E-state index is 11.6. The smallest absolute Gasteiger partial charge is 0.272 e. The van der Waals surface area contributed by atoms with Crippen LogP contribution in [0.5, 0.6) is 0 Å². The molecule has 2 atom stereocenters. The molecule has 0 saturated heterocycles. The summed E-state index contributed by atoms with van der Waals surface area (Å²) in [5.74, 6) is 0. The van der Waals surface area contributed by atoms with E-state index in [4.69, 9.17) is 0 Å². The Balaban J connectivity index is 2.96. The van der Waals surface area contributed by atoms with Crippen LogP contribution in [0.1, 0.15) is 25.0 Å². The zero-order chi connectivity index (χ0) is 16.4. The molecule has 0 N–H and O–H groups in total. The van der Waals surface area contributed by atoms with Crippen LogP contribution in [-0.4, -0.2) is 42.8 Å². The van der Waals surface area contributed by atoms with Crippen LogP contribution in [0.4, 0.5) is 5.69 Å². The van der Waals surface area contributed by atoms with Crippen molar-refractivity contribution in [3.8, 4) is 0 Å². The zero-order valence-corrected chi connectivity index (χ0v) is 13.8. The van der Waals surface area contributed by atoms with Gasteiger partial charge < -0.3 is 0 Å². The molecule has 0 unspecified atom stereocenters. The number of nitro benzene ring substituents is 1. The fraction of sp³-hybridized carbons (Fsp3) is 0.571. The van der Waals surface area contributed by atoms with Crippen molar-refractivity contribution in [2.24, 2.45) is 0 Å². The fourth-order valence-electron chi connectivity index (χ4n) is 2.17. The van der Waals surface area contributed by atoms with Gasteiger partial charge in [-0.1, -0.05) is 12.1 Å². The normalized spacial score (nSPS) is 15.0. The third-order valence-corrected chi connectivity index (χ3v) is 5.83. The number of rotatable bonds is 6. The Morgan fingerprint density at radius 3 is 2.38 bits per heavy atom. The van der Waals surface area contributed by atoms with Crippen LogP contribution < -0.4 is 0 Å². The first-order valence-electron chi connectivity index (χ1n) is 6.67. The molecule has 0 amide bonds. The highest BCUT2D eigenvalue weighted by molar-refractivity contribution is 7.91. The van der Waals surface area contributed by atoms with Gasteiger partial charge >= 0.3 is 0 Å². The summed E-state index contributed by atoms with van der Waals surface area (Å²) in [5, 5.41) is 10.4. The summed E-state index contributed by atoms with van der Waals surface area (Å²) in [6.07, 6.45) is 1.22. The molecule has 0 saturated carbocycles. The minimum absolute atomic E-state index is 0.0877. The average Bonchev–Trinajstić information content (AvgIpc) is 2.37. The molecule has 0 bridgehead atoms. The second kappa shape index (κ2) is 6.53. The highest BCUT2D eigenvalue weighted by atomic mass is 32.2. The van der Waals surface area contributed by atoms with Crippen LogP contribution in [0.2, 0.25) is 0 Å². The lowest BCUT2D eigenvalue weighted by Gasteiger charge is -2.29. The first-order valence-corrected chi connectivity index (χ1v) is 8.63. The molecule has 6 nitrogen and oxygen atoms in total. The van der Waals surface area contributed by atoms with E-state index in [1.165, 1.54) is 12.3 Å². The molecule has 0 aliphatic rings. The third kappa shape index (κ3) is 4.25. The van der Waals surface area contributed by atoms with Crippen molar-refractivity contribution in [1.82, 2.24) is 4.90 Å². The lowest BCUT2D eigenvalue weighted by atomic mass is 10.1. The molecule has 0 aliphatic heterocycles. The molecule has 0 radical (unpaired) electrons. The van der Waals surface area contributed by atoms with E-state index in [0.29, 0.717) is 12.1 Å². The Bertz CT molecular complexity index is 628. The summed E-state index contributed by atoms with van der Waals surface area (Å²) in [6, 6.07) is 4.77. The average molecular weight is 314 g/mol. The molecule has 21 heavy (non-hydrogen) atoms. The van der Waals surface area contributed by atoms with Gasteiger partial charge in [0.15, 0.2) is 9.84 Å². The lowest BCUT2D eigenvalue weighted by Crippen LogP contribution is -2.41. The number of benzene rings is 1. The SMILES string of the molecule is Cc1c(CN(C)[C@H](C)[C@@H](C)S(C)(=O)=O)cccc1[N+](=O)[O-]. The topological polar surface area (TPSA) is 80.5 Å². The summed E-state index contributed by atoms with van der Waals surface area (Å²) < 4.78 is 23.2. The second-order valence-corrected chi connectivity index (χ2v) is 7.91. The molecule has 0 spiro atoms. The van der Waals surface area contributed by atoms with Gasteiger partial charge in [-0.25, -0.2) is 8.42 Å². The third-order valence-electron chi connectivity index (χ3n) is 4.08. The molecule has 0 heterocycles. The first-order chi connectivity index (χ1) is 9.55. The first kappa shape index (κ1) is 17.6. The van der Waals surface area contributed by atoms with Crippen molar-refractivity contribution in [1.29, 1.82) is 0 Å². The van der Waals surface area contributed by atoms with E-state index >= 15 is 0 Å². The molecular formula is C14H22N2O4S. The van der Waals surface area contributed by atoms with Crippen molar-refractivity contribution in [2.45, 2.75) is 38.6 Å². The van der Waals surface area contributed by atoms with Crippen LogP contribution in [0.15, 0.2) is 18.2 Å². The van der Waals surface area contributed by atoms with Crippen molar-refractivity contribution in [3.63, 3.8) is 0 Å². The van der Waals surface area contributed by atoms with Crippen molar-refractivity contribution in [2.75, 3.05) is 13.3 Å². The molecular weight excluding hydrogens is 292 g/mol. The molecule has 118 valence electrons. The molecule has 1 aromatic rings. The molecule has 0 aliphatic carbocycles. The molecule has 0 fully saturated rings. The van der Waals surface area contributed by atoms with Gasteiger partial charge in [0.1, 0.15) is 0 Å². The van der Waals surface area contributed by atoms with Gasteiger partial charge in [-0.15, -0.1) is 0 Å². The Morgan fingerprint density at radius 1 is 1.33 bits per heavy atom. The van der Waals surface area contributed by atoms with Gasteiger partial charge in [0.05, 0.1) is 10.2 Å². The van der Waals surface area contributed by atoms with Crippen LogP contribution in [0, 0.1) is 17.0 Å². The van der Waals surface area contributed by atoms with Gasteiger partial charge in [-0.2, -0.15) is 0 Å². The number of nitro groups is 1. The van der Waals surface area contributed by atoms with Crippen molar-refractivity contribution >= 4 is 15.5 Å². The fourth-order valence-corrected chi connectivity index (χ4v) is 3.09. The van der Waals surface area contributed by atoms with Crippen molar-refractivity contribution < 1.29 is 13.3 Å². The molecule has 7 heteroatoms. The van der Waals surface area contributed by atoms with Gasteiger partial charge in [0.25, 0.3) is 5.69 Å². The predicted molar refractivity (Wildman–Crippen MR) is 83.1 cm³/mol. The van der Waals surface area contributed by atoms with E-state index < -0.39 is 20.0 Å². The van der Waals surface area contributed by atoms with Gasteiger partial charge in [0.2, 0.25) is 0 Å². The Kier molecular flexibility index (Phi) is 5.47. The Hall–Kier alpha value is -1.47. The van der Waals surface area contributed by atoms with Gasteiger partial charge in [-0.05, 0) is 33.4 Å². The lowest BCUT2D eigenvalue weighted by molar-refractivity contribution is -0.385. The predicted octanol–water partition coefficient (Wildman–Crippen LogP) is 2.16. The van der Waals surface area contributed by atoms with E-state index in [1.54, 1.807) is 19.9 Å². The molecule has 1 aromatic carbocycles. The standard InChI is InChI=1S/C14H22N2O4S/c1-10-13(7-6-8-14(10)16(17)18)9-15(4)11(2)12(3)21(5,19)20/h6-8,11-12H,9H2,1-5H3/t11-,12-/m1/s1. The molecule has 1 rings (SSSR count). The van der Waals surface area contributed by atoms with E-state index in [2.05, 4.69) is 0 Å². The van der Waals surface area contributed by atoms with Crippen LogP contribution in [-0.2, 0) is 16.4 Å². The summed E-state index contributed by atoms with van der Waals surface area (Å²) in [4.78, 5) is 12.4. The summed E-state index contributed by atoms with van der Waals surface area (Å²) >= 11 is 0. The van der Waals surface area contributed by atoms with E-state index in [1.807, 2.05) is 24.9 Å². The second-order valence-electron chi connectivity index (χ2n) is 5.51. The zero-order valence-electron chi connectivity index (χ0n) is 13.0. The van der Waals surface area contributed by atoms with E-state index in [9.17, 15) is 18.5 Å². The quantitative estimate of drug-likeness (QED) is 0.593.